The number of rotatable bonds is 7. The van der Waals surface area contributed by atoms with E-state index in [4.69, 9.17) is 11.6 Å². The zero-order chi connectivity index (χ0) is 20.8. The van der Waals surface area contributed by atoms with Gasteiger partial charge in [0.2, 0.25) is 0 Å². The maximum Gasteiger partial charge on any atom is 0.251 e. The monoisotopic (exact) mass is 411 g/mol. The quantitative estimate of drug-likeness (QED) is 0.551. The Bertz CT molecular complexity index is 993. The van der Waals surface area contributed by atoms with Crippen LogP contribution in [0.1, 0.15) is 10.4 Å². The van der Waals surface area contributed by atoms with Gasteiger partial charge in [-0.1, -0.05) is 11.6 Å². The highest BCUT2D eigenvalue weighted by Crippen LogP contribution is 2.27. The topological polar surface area (TPSA) is 90.4 Å². The summed E-state index contributed by atoms with van der Waals surface area (Å²) in [5.41, 5.74) is 2.52. The third-order valence-corrected chi connectivity index (χ3v) is 4.46. The molecule has 0 bridgehead atoms. The Labute approximate surface area is 174 Å². The molecule has 0 aliphatic rings. The highest BCUT2D eigenvalue weighted by Gasteiger charge is 2.10. The van der Waals surface area contributed by atoms with Crippen LogP contribution in [0.2, 0.25) is 5.02 Å². The SMILES string of the molecule is CN(C)CCNC(=O)c1ccc(Cl)c(Nc2cncc(-c3ccc(O)cc3)n2)c1. The zero-order valence-electron chi connectivity index (χ0n) is 16.2. The first-order valence-corrected chi connectivity index (χ1v) is 9.41. The number of anilines is 2. The summed E-state index contributed by atoms with van der Waals surface area (Å²) in [5, 5.41) is 15.9. The van der Waals surface area contributed by atoms with E-state index in [2.05, 4.69) is 20.6 Å². The van der Waals surface area contributed by atoms with Crippen LogP contribution in [-0.2, 0) is 0 Å². The Kier molecular flexibility index (Phi) is 6.64. The van der Waals surface area contributed by atoms with Crippen molar-refractivity contribution >= 4 is 29.0 Å². The number of nitrogens with one attached hydrogen (secondary N) is 2. The lowest BCUT2D eigenvalue weighted by Crippen LogP contribution is -2.31. The van der Waals surface area contributed by atoms with Gasteiger partial charge in [0, 0.05) is 24.2 Å². The smallest absolute Gasteiger partial charge is 0.251 e. The third-order valence-electron chi connectivity index (χ3n) is 4.13. The normalized spacial score (nSPS) is 10.8. The molecule has 0 atom stereocenters. The average Bonchev–Trinajstić information content (AvgIpc) is 2.70. The van der Waals surface area contributed by atoms with Gasteiger partial charge in [0.1, 0.15) is 11.6 Å². The molecule has 0 aliphatic heterocycles. The highest BCUT2D eigenvalue weighted by molar-refractivity contribution is 6.33. The largest absolute Gasteiger partial charge is 0.508 e. The van der Waals surface area contributed by atoms with Crippen molar-refractivity contribution in [2.45, 2.75) is 0 Å². The second-order valence-electron chi connectivity index (χ2n) is 6.72. The molecule has 3 N–H and O–H groups in total. The zero-order valence-corrected chi connectivity index (χ0v) is 16.9. The molecule has 0 radical (unpaired) electrons. The lowest BCUT2D eigenvalue weighted by molar-refractivity contribution is 0.0951. The fourth-order valence-corrected chi connectivity index (χ4v) is 2.76. The number of halogens is 1. The lowest BCUT2D eigenvalue weighted by atomic mass is 10.1. The number of nitrogens with zero attached hydrogens (tertiary/aromatic N) is 3. The van der Waals surface area contributed by atoms with Crippen LogP contribution in [-0.4, -0.2) is 53.1 Å². The molecule has 150 valence electrons. The van der Waals surface area contributed by atoms with Crippen molar-refractivity contribution in [3.8, 4) is 17.0 Å². The molecule has 0 saturated heterocycles. The van der Waals surface area contributed by atoms with Crippen molar-refractivity contribution in [1.82, 2.24) is 20.2 Å². The van der Waals surface area contributed by atoms with E-state index in [1.165, 1.54) is 0 Å². The van der Waals surface area contributed by atoms with Crippen molar-refractivity contribution < 1.29 is 9.90 Å². The molecule has 1 aromatic heterocycles. The summed E-state index contributed by atoms with van der Waals surface area (Å²) >= 11 is 6.29. The predicted molar refractivity (Wildman–Crippen MR) is 115 cm³/mol. The highest BCUT2D eigenvalue weighted by atomic mass is 35.5. The number of phenolic OH excluding ortho intramolecular Hbond substituents is 1. The maximum absolute atomic E-state index is 12.4. The number of likely N-dealkylation sites (N-methyl/N-ethyl adjacent to an activating group) is 1. The van der Waals surface area contributed by atoms with Gasteiger partial charge in [0.05, 0.1) is 28.8 Å². The van der Waals surface area contributed by atoms with Gasteiger partial charge in [0.25, 0.3) is 5.91 Å². The molecule has 3 rings (SSSR count). The van der Waals surface area contributed by atoms with E-state index in [0.29, 0.717) is 34.3 Å². The number of carbonyl (C=O) groups is 1. The van der Waals surface area contributed by atoms with E-state index in [0.717, 1.165) is 12.1 Å². The van der Waals surface area contributed by atoms with Crippen LogP contribution in [0.3, 0.4) is 0 Å². The Hall–Kier alpha value is -3.16. The van der Waals surface area contributed by atoms with Gasteiger partial charge in [-0.25, -0.2) is 4.98 Å². The first-order chi connectivity index (χ1) is 13.9. The van der Waals surface area contributed by atoms with E-state index in [9.17, 15) is 9.90 Å². The summed E-state index contributed by atoms with van der Waals surface area (Å²) in [4.78, 5) is 23.1. The van der Waals surface area contributed by atoms with Crippen LogP contribution >= 0.6 is 11.6 Å². The summed E-state index contributed by atoms with van der Waals surface area (Å²) in [6, 6.07) is 11.7. The van der Waals surface area contributed by atoms with E-state index in [1.54, 1.807) is 54.9 Å². The minimum atomic E-state index is -0.171. The molecule has 1 amide bonds. The number of hydrogen-bond donors (Lipinski definition) is 3. The van der Waals surface area contributed by atoms with Gasteiger partial charge < -0.3 is 20.6 Å². The first-order valence-electron chi connectivity index (χ1n) is 9.03. The summed E-state index contributed by atoms with van der Waals surface area (Å²) in [6.45, 7) is 1.31. The predicted octanol–water partition coefficient (Wildman–Crippen LogP) is 3.54. The minimum Gasteiger partial charge on any atom is -0.508 e. The molecule has 7 nitrogen and oxygen atoms in total. The molecule has 3 aromatic rings. The molecule has 29 heavy (non-hydrogen) atoms. The van der Waals surface area contributed by atoms with Crippen LogP contribution in [0.15, 0.2) is 54.9 Å². The van der Waals surface area contributed by atoms with Gasteiger partial charge in [-0.15, -0.1) is 0 Å². The number of carbonyl (C=O) groups excluding carboxylic acids is 1. The molecule has 0 aliphatic carbocycles. The number of aromatic hydroxyl groups is 1. The van der Waals surface area contributed by atoms with Gasteiger partial charge in [-0.2, -0.15) is 0 Å². The molecule has 0 fully saturated rings. The van der Waals surface area contributed by atoms with Crippen LogP contribution in [0, 0.1) is 0 Å². The van der Waals surface area contributed by atoms with Crippen LogP contribution < -0.4 is 10.6 Å². The Balaban J connectivity index is 1.77. The fraction of sp³-hybridized carbons (Fsp3) is 0.190. The van der Waals surface area contributed by atoms with Crippen molar-refractivity contribution in [1.29, 1.82) is 0 Å². The number of phenols is 1. The van der Waals surface area contributed by atoms with Gasteiger partial charge in [0.15, 0.2) is 0 Å². The molecular weight excluding hydrogens is 390 g/mol. The van der Waals surface area contributed by atoms with E-state index < -0.39 is 0 Å². The summed E-state index contributed by atoms with van der Waals surface area (Å²) in [7, 11) is 3.90. The minimum absolute atomic E-state index is 0.171. The van der Waals surface area contributed by atoms with E-state index >= 15 is 0 Å². The van der Waals surface area contributed by atoms with Gasteiger partial charge in [-0.05, 0) is 56.6 Å². The average molecular weight is 412 g/mol. The second-order valence-corrected chi connectivity index (χ2v) is 7.12. The molecule has 0 spiro atoms. The maximum atomic E-state index is 12.4. The summed E-state index contributed by atoms with van der Waals surface area (Å²) in [5.74, 6) is 0.501. The number of amides is 1. The van der Waals surface area contributed by atoms with Crippen LogP contribution in [0.5, 0.6) is 5.75 Å². The van der Waals surface area contributed by atoms with Gasteiger partial charge >= 0.3 is 0 Å². The second kappa shape index (κ2) is 9.36. The van der Waals surface area contributed by atoms with Crippen molar-refractivity contribution in [2.24, 2.45) is 0 Å². The Morgan fingerprint density at radius 2 is 1.90 bits per heavy atom. The van der Waals surface area contributed by atoms with Crippen LogP contribution in [0.25, 0.3) is 11.3 Å². The first kappa shape index (κ1) is 20.6. The number of hydrogen-bond acceptors (Lipinski definition) is 6. The standard InChI is InChI=1S/C21H22ClN5O2/c1-27(2)10-9-24-21(29)15-5-8-17(22)18(11-15)25-20-13-23-12-19(26-20)14-3-6-16(28)7-4-14/h3-8,11-13,28H,9-10H2,1-2H3,(H,24,29)(H,25,26). The molecule has 1 heterocycles. The fourth-order valence-electron chi connectivity index (χ4n) is 2.59. The molecular formula is C21H22ClN5O2. The van der Waals surface area contributed by atoms with E-state index in [-0.39, 0.29) is 11.7 Å². The molecule has 8 heteroatoms. The molecule has 0 unspecified atom stereocenters. The lowest BCUT2D eigenvalue weighted by Gasteiger charge is -2.12. The Morgan fingerprint density at radius 1 is 1.14 bits per heavy atom. The molecule has 0 saturated carbocycles. The van der Waals surface area contributed by atoms with Crippen molar-refractivity contribution in [2.75, 3.05) is 32.5 Å². The van der Waals surface area contributed by atoms with Crippen LogP contribution in [0.4, 0.5) is 11.5 Å². The summed E-state index contributed by atoms with van der Waals surface area (Å²) < 4.78 is 0. The van der Waals surface area contributed by atoms with Crippen molar-refractivity contribution in [3.05, 3.63) is 65.4 Å². The van der Waals surface area contributed by atoms with E-state index in [1.807, 2.05) is 19.0 Å². The summed E-state index contributed by atoms with van der Waals surface area (Å²) in [6.07, 6.45) is 3.21. The number of aromatic nitrogens is 2. The van der Waals surface area contributed by atoms with Crippen molar-refractivity contribution in [3.63, 3.8) is 0 Å². The third kappa shape index (κ3) is 5.66. The number of benzene rings is 2. The Morgan fingerprint density at radius 3 is 2.62 bits per heavy atom. The van der Waals surface area contributed by atoms with Gasteiger partial charge in [-0.3, -0.25) is 9.78 Å². The molecule has 2 aromatic carbocycles.